The highest BCUT2D eigenvalue weighted by molar-refractivity contribution is 5.73. The standard InChI is InChI=1S/C17H32N2O4/c1-7-13(8-2)12(3)18-17(9-14(20)21)10-19(11-17)15(22)23-16(4,5)6/h12-13,18H,7-11H2,1-6H3,(H,20,21). The van der Waals surface area contributed by atoms with E-state index in [1.807, 2.05) is 20.8 Å². The summed E-state index contributed by atoms with van der Waals surface area (Å²) in [5, 5.41) is 12.7. The minimum atomic E-state index is -0.849. The first kappa shape index (κ1) is 19.7. The molecule has 1 amide bonds. The predicted molar refractivity (Wildman–Crippen MR) is 89.5 cm³/mol. The van der Waals surface area contributed by atoms with E-state index < -0.39 is 17.1 Å². The van der Waals surface area contributed by atoms with Crippen molar-refractivity contribution in [3.05, 3.63) is 0 Å². The zero-order valence-corrected chi connectivity index (χ0v) is 15.3. The molecule has 1 fully saturated rings. The van der Waals surface area contributed by atoms with Gasteiger partial charge in [-0.15, -0.1) is 0 Å². The van der Waals surface area contributed by atoms with Crippen molar-refractivity contribution in [2.75, 3.05) is 13.1 Å². The Morgan fingerprint density at radius 2 is 1.78 bits per heavy atom. The zero-order chi connectivity index (χ0) is 17.8. The van der Waals surface area contributed by atoms with E-state index in [-0.39, 0.29) is 18.6 Å². The third-order valence-electron chi connectivity index (χ3n) is 4.42. The lowest BCUT2D eigenvalue weighted by atomic mass is 9.83. The molecule has 0 saturated carbocycles. The summed E-state index contributed by atoms with van der Waals surface area (Å²) in [5.74, 6) is -0.352. The lowest BCUT2D eigenvalue weighted by molar-refractivity contribution is -0.141. The monoisotopic (exact) mass is 328 g/mol. The molecule has 2 N–H and O–H groups in total. The number of carboxylic acid groups (broad SMARTS) is 1. The average Bonchev–Trinajstić information content (AvgIpc) is 2.33. The summed E-state index contributed by atoms with van der Waals surface area (Å²) in [5.41, 5.74) is -1.09. The number of rotatable bonds is 7. The smallest absolute Gasteiger partial charge is 0.410 e. The topological polar surface area (TPSA) is 78.9 Å². The Balaban J connectivity index is 2.70. The van der Waals surface area contributed by atoms with Crippen LogP contribution in [0.15, 0.2) is 0 Å². The first-order valence-electron chi connectivity index (χ1n) is 8.49. The highest BCUT2D eigenvalue weighted by atomic mass is 16.6. The molecule has 0 aliphatic carbocycles. The number of amides is 1. The van der Waals surface area contributed by atoms with Crippen molar-refractivity contribution in [2.45, 2.75) is 78.0 Å². The predicted octanol–water partition coefficient (Wildman–Crippen LogP) is 2.86. The molecule has 0 bridgehead atoms. The van der Waals surface area contributed by atoms with E-state index in [0.717, 1.165) is 12.8 Å². The van der Waals surface area contributed by atoms with E-state index >= 15 is 0 Å². The second kappa shape index (κ2) is 7.51. The Bertz CT molecular complexity index is 421. The molecule has 0 aromatic carbocycles. The molecule has 1 heterocycles. The Morgan fingerprint density at radius 1 is 1.26 bits per heavy atom. The van der Waals surface area contributed by atoms with Crippen LogP contribution in [-0.4, -0.2) is 52.3 Å². The van der Waals surface area contributed by atoms with E-state index in [1.165, 1.54) is 0 Å². The van der Waals surface area contributed by atoms with E-state index in [4.69, 9.17) is 4.74 Å². The number of nitrogens with one attached hydrogen (secondary N) is 1. The van der Waals surface area contributed by atoms with Gasteiger partial charge in [-0.1, -0.05) is 26.7 Å². The molecule has 23 heavy (non-hydrogen) atoms. The highest BCUT2D eigenvalue weighted by Gasteiger charge is 2.48. The summed E-state index contributed by atoms with van der Waals surface area (Å²) in [4.78, 5) is 24.9. The molecule has 0 aromatic heterocycles. The molecule has 0 aromatic rings. The zero-order valence-electron chi connectivity index (χ0n) is 15.3. The molecule has 1 saturated heterocycles. The number of aliphatic carboxylic acids is 1. The van der Waals surface area contributed by atoms with Crippen molar-refractivity contribution < 1.29 is 19.4 Å². The molecule has 1 atom stereocenters. The van der Waals surface area contributed by atoms with Crippen LogP contribution in [0.2, 0.25) is 0 Å². The second-order valence-electron chi connectivity index (χ2n) is 7.70. The number of carbonyl (C=O) groups is 2. The van der Waals surface area contributed by atoms with Crippen LogP contribution in [0, 0.1) is 5.92 Å². The van der Waals surface area contributed by atoms with Gasteiger partial charge >= 0.3 is 12.1 Å². The van der Waals surface area contributed by atoms with Crippen LogP contribution in [0.1, 0.15) is 60.8 Å². The molecule has 1 rings (SSSR count). The Hall–Kier alpha value is -1.30. The Kier molecular flexibility index (Phi) is 6.45. The highest BCUT2D eigenvalue weighted by Crippen LogP contribution is 2.29. The molecule has 1 unspecified atom stereocenters. The van der Waals surface area contributed by atoms with Gasteiger partial charge in [0, 0.05) is 19.1 Å². The van der Waals surface area contributed by atoms with Crippen molar-refractivity contribution in [1.82, 2.24) is 10.2 Å². The maximum Gasteiger partial charge on any atom is 0.410 e. The van der Waals surface area contributed by atoms with Gasteiger partial charge in [-0.3, -0.25) is 4.79 Å². The van der Waals surface area contributed by atoms with Gasteiger partial charge in [0.05, 0.1) is 12.0 Å². The van der Waals surface area contributed by atoms with Crippen LogP contribution in [0.25, 0.3) is 0 Å². The normalized spacial score (nSPS) is 18.5. The molecule has 134 valence electrons. The minimum absolute atomic E-state index is 0.0107. The molecule has 6 heteroatoms. The van der Waals surface area contributed by atoms with Gasteiger partial charge in [-0.25, -0.2) is 4.79 Å². The van der Waals surface area contributed by atoms with Gasteiger partial charge < -0.3 is 20.1 Å². The van der Waals surface area contributed by atoms with Gasteiger partial charge in [0.1, 0.15) is 5.60 Å². The summed E-state index contributed by atoms with van der Waals surface area (Å²) in [7, 11) is 0. The van der Waals surface area contributed by atoms with E-state index in [9.17, 15) is 14.7 Å². The fourth-order valence-corrected chi connectivity index (χ4v) is 3.28. The number of ether oxygens (including phenoxy) is 1. The fraction of sp³-hybridized carbons (Fsp3) is 0.882. The van der Waals surface area contributed by atoms with Gasteiger partial charge in [0.15, 0.2) is 0 Å². The molecule has 6 nitrogen and oxygen atoms in total. The summed E-state index contributed by atoms with van der Waals surface area (Å²) in [6, 6.07) is 0.213. The number of carboxylic acids is 1. The SMILES string of the molecule is CCC(CC)C(C)NC1(CC(=O)O)CN(C(=O)OC(C)(C)C)C1. The van der Waals surface area contributed by atoms with Crippen molar-refractivity contribution in [3.8, 4) is 0 Å². The summed E-state index contributed by atoms with van der Waals surface area (Å²) in [6.07, 6.45) is 1.72. The summed E-state index contributed by atoms with van der Waals surface area (Å²) >= 11 is 0. The number of nitrogens with zero attached hydrogens (tertiary/aromatic N) is 1. The van der Waals surface area contributed by atoms with Crippen LogP contribution in [-0.2, 0) is 9.53 Å². The quantitative estimate of drug-likeness (QED) is 0.751. The summed E-state index contributed by atoms with van der Waals surface area (Å²) < 4.78 is 5.35. The van der Waals surface area contributed by atoms with E-state index in [0.29, 0.717) is 19.0 Å². The van der Waals surface area contributed by atoms with Crippen LogP contribution >= 0.6 is 0 Å². The second-order valence-corrected chi connectivity index (χ2v) is 7.70. The van der Waals surface area contributed by atoms with Gasteiger partial charge in [0.25, 0.3) is 0 Å². The van der Waals surface area contributed by atoms with Gasteiger partial charge in [-0.2, -0.15) is 0 Å². The van der Waals surface area contributed by atoms with Crippen LogP contribution in [0.5, 0.6) is 0 Å². The Morgan fingerprint density at radius 3 is 2.17 bits per heavy atom. The van der Waals surface area contributed by atoms with Crippen molar-refractivity contribution in [1.29, 1.82) is 0 Å². The third-order valence-corrected chi connectivity index (χ3v) is 4.42. The lowest BCUT2D eigenvalue weighted by Crippen LogP contribution is -2.73. The largest absolute Gasteiger partial charge is 0.481 e. The van der Waals surface area contributed by atoms with Gasteiger partial charge in [-0.05, 0) is 33.6 Å². The molecule has 0 radical (unpaired) electrons. The van der Waals surface area contributed by atoms with E-state index in [2.05, 4.69) is 26.1 Å². The maximum atomic E-state index is 12.1. The van der Waals surface area contributed by atoms with Crippen LogP contribution in [0.3, 0.4) is 0 Å². The van der Waals surface area contributed by atoms with Crippen molar-refractivity contribution in [3.63, 3.8) is 0 Å². The van der Waals surface area contributed by atoms with Crippen molar-refractivity contribution in [2.24, 2.45) is 5.92 Å². The van der Waals surface area contributed by atoms with Crippen LogP contribution < -0.4 is 5.32 Å². The average molecular weight is 328 g/mol. The fourth-order valence-electron chi connectivity index (χ4n) is 3.28. The number of likely N-dealkylation sites (tertiary alicyclic amines) is 1. The molecule has 1 aliphatic rings. The first-order chi connectivity index (χ1) is 10.5. The molecular weight excluding hydrogens is 296 g/mol. The maximum absolute atomic E-state index is 12.1. The van der Waals surface area contributed by atoms with E-state index in [1.54, 1.807) is 4.90 Å². The number of hydrogen-bond acceptors (Lipinski definition) is 4. The summed E-state index contributed by atoms with van der Waals surface area (Å²) in [6.45, 7) is 12.6. The number of carbonyl (C=O) groups excluding carboxylic acids is 1. The molecular formula is C17H32N2O4. The van der Waals surface area contributed by atoms with Gasteiger partial charge in [0.2, 0.25) is 0 Å². The molecule has 1 aliphatic heterocycles. The molecule has 0 spiro atoms. The van der Waals surface area contributed by atoms with Crippen molar-refractivity contribution >= 4 is 12.1 Å². The van der Waals surface area contributed by atoms with Crippen LogP contribution in [0.4, 0.5) is 4.79 Å². The Labute approximate surface area is 139 Å². The third kappa shape index (κ3) is 5.68. The lowest BCUT2D eigenvalue weighted by Gasteiger charge is -2.51. The minimum Gasteiger partial charge on any atom is -0.481 e. The number of hydrogen-bond donors (Lipinski definition) is 2. The first-order valence-corrected chi connectivity index (χ1v) is 8.49.